The number of hydrogen-bond acceptors (Lipinski definition) is 3. The van der Waals surface area contributed by atoms with Crippen molar-refractivity contribution in [1.29, 1.82) is 0 Å². The Bertz CT molecular complexity index is 264. The van der Waals surface area contributed by atoms with E-state index in [1.807, 2.05) is 20.8 Å². The van der Waals surface area contributed by atoms with Crippen LogP contribution in [0.4, 0.5) is 4.79 Å². The van der Waals surface area contributed by atoms with Gasteiger partial charge in [-0.15, -0.1) is 0 Å². The molecular formula is C11H22N3O2+. The van der Waals surface area contributed by atoms with E-state index in [4.69, 9.17) is 4.74 Å². The van der Waals surface area contributed by atoms with Crippen LogP contribution in [0.25, 0.3) is 0 Å². The number of carbonyl (C=O) groups is 1. The average Bonchev–Trinajstić information content (AvgIpc) is 2.16. The summed E-state index contributed by atoms with van der Waals surface area (Å²) in [6.07, 6.45) is -0.289. The maximum Gasteiger partial charge on any atom is 0.452 e. The third kappa shape index (κ3) is 2.65. The van der Waals surface area contributed by atoms with E-state index in [1.165, 1.54) is 0 Å². The molecular weight excluding hydrogens is 206 g/mol. The number of ether oxygens (including phenoxy) is 1. The van der Waals surface area contributed by atoms with Crippen molar-refractivity contribution in [3.63, 3.8) is 0 Å². The predicted octanol–water partition coefficient (Wildman–Crippen LogP) is 0.572. The Hall–Kier alpha value is -0.810. The van der Waals surface area contributed by atoms with Crippen LogP contribution in [0.5, 0.6) is 0 Å². The fraction of sp³-hybridized carbons (Fsp3) is 0.909. The summed E-state index contributed by atoms with van der Waals surface area (Å²) >= 11 is 0. The molecule has 0 unspecified atom stereocenters. The van der Waals surface area contributed by atoms with E-state index in [1.54, 1.807) is 0 Å². The molecule has 0 atom stereocenters. The second kappa shape index (κ2) is 3.89. The molecule has 5 heteroatoms. The quantitative estimate of drug-likeness (QED) is 0.667. The maximum atomic E-state index is 11.7. The molecule has 0 radical (unpaired) electrons. The summed E-state index contributed by atoms with van der Waals surface area (Å²) < 4.78 is 6.01. The summed E-state index contributed by atoms with van der Waals surface area (Å²) in [6.45, 7) is 11.9. The molecule has 1 N–H and O–H groups in total. The Labute approximate surface area is 96.9 Å². The van der Waals surface area contributed by atoms with Gasteiger partial charge in [0.05, 0.1) is 19.6 Å². The first-order valence-corrected chi connectivity index (χ1v) is 5.98. The highest BCUT2D eigenvalue weighted by molar-refractivity contribution is 5.66. The van der Waals surface area contributed by atoms with E-state index >= 15 is 0 Å². The normalized spacial score (nSPS) is 33.6. The average molecular weight is 228 g/mol. The van der Waals surface area contributed by atoms with Gasteiger partial charge in [0.15, 0.2) is 0 Å². The van der Waals surface area contributed by atoms with Gasteiger partial charge in [-0.1, -0.05) is 0 Å². The maximum absolute atomic E-state index is 11.7. The van der Waals surface area contributed by atoms with Crippen LogP contribution in [0.2, 0.25) is 0 Å². The lowest BCUT2D eigenvalue weighted by atomic mass is 10.2. The minimum Gasteiger partial charge on any atom is -0.441 e. The van der Waals surface area contributed by atoms with Crippen molar-refractivity contribution in [3.8, 4) is 0 Å². The van der Waals surface area contributed by atoms with Gasteiger partial charge in [-0.3, -0.25) is 4.90 Å². The minimum absolute atomic E-state index is 0.289. The minimum atomic E-state index is -0.417. The zero-order valence-electron chi connectivity index (χ0n) is 10.5. The number of fused-ring (bicyclic) bond motifs is 3. The van der Waals surface area contributed by atoms with E-state index in [-0.39, 0.29) is 6.09 Å². The number of amides is 1. The van der Waals surface area contributed by atoms with Gasteiger partial charge in [-0.25, -0.2) is 9.39 Å². The van der Waals surface area contributed by atoms with Gasteiger partial charge in [0.1, 0.15) is 25.2 Å². The molecule has 0 spiro atoms. The Morgan fingerprint density at radius 3 is 2.12 bits per heavy atom. The molecule has 0 aromatic heterocycles. The van der Waals surface area contributed by atoms with Gasteiger partial charge >= 0.3 is 6.09 Å². The molecule has 3 aliphatic heterocycles. The van der Waals surface area contributed by atoms with Crippen molar-refractivity contribution >= 4 is 6.09 Å². The first-order valence-electron chi connectivity index (χ1n) is 5.98. The summed E-state index contributed by atoms with van der Waals surface area (Å²) in [4.78, 5) is 14.2. The van der Waals surface area contributed by atoms with Crippen molar-refractivity contribution in [2.75, 3.05) is 39.3 Å². The Morgan fingerprint density at radius 1 is 1.19 bits per heavy atom. The van der Waals surface area contributed by atoms with Crippen LogP contribution < -0.4 is 5.43 Å². The van der Waals surface area contributed by atoms with Crippen LogP contribution in [0.15, 0.2) is 0 Å². The molecule has 92 valence electrons. The largest absolute Gasteiger partial charge is 0.452 e. The summed E-state index contributed by atoms with van der Waals surface area (Å²) in [5, 5.41) is 0. The second-order valence-corrected chi connectivity index (χ2v) is 5.77. The fourth-order valence-electron chi connectivity index (χ4n) is 2.33. The van der Waals surface area contributed by atoms with Crippen molar-refractivity contribution in [2.45, 2.75) is 26.4 Å². The molecule has 0 aromatic rings. The van der Waals surface area contributed by atoms with Crippen molar-refractivity contribution < 1.29 is 14.1 Å². The van der Waals surface area contributed by atoms with Crippen molar-refractivity contribution in [2.24, 2.45) is 0 Å². The third-order valence-corrected chi connectivity index (χ3v) is 3.26. The Morgan fingerprint density at radius 2 is 1.69 bits per heavy atom. The van der Waals surface area contributed by atoms with Gasteiger partial charge in [0.2, 0.25) is 0 Å². The molecule has 5 nitrogen and oxygen atoms in total. The molecule has 0 saturated carbocycles. The standard InChI is InChI=1S/C11H21N3O2/c1-11(2,3)16-10(15)12-14-7-4-13(5-8-14)6-9-14/h4-9H2,1-3H3/p+1. The summed E-state index contributed by atoms with van der Waals surface area (Å²) in [5.41, 5.74) is 2.61. The lowest BCUT2D eigenvalue weighted by molar-refractivity contribution is -0.973. The first-order chi connectivity index (χ1) is 7.39. The molecule has 3 fully saturated rings. The smallest absolute Gasteiger partial charge is 0.441 e. The van der Waals surface area contributed by atoms with Crippen LogP contribution in [0.1, 0.15) is 20.8 Å². The lowest BCUT2D eigenvalue weighted by Gasteiger charge is -2.48. The molecule has 3 rings (SSSR count). The Kier molecular flexibility index (Phi) is 2.84. The van der Waals surface area contributed by atoms with Crippen LogP contribution >= 0.6 is 0 Å². The number of hydrogen-bond donors (Lipinski definition) is 1. The third-order valence-electron chi connectivity index (χ3n) is 3.26. The van der Waals surface area contributed by atoms with Gasteiger partial charge < -0.3 is 4.74 Å². The molecule has 3 aliphatic rings. The van der Waals surface area contributed by atoms with Gasteiger partial charge in [-0.2, -0.15) is 5.43 Å². The molecule has 3 heterocycles. The summed E-state index contributed by atoms with van der Waals surface area (Å²) in [6, 6.07) is 0. The van der Waals surface area contributed by atoms with E-state index < -0.39 is 5.60 Å². The molecule has 0 aliphatic carbocycles. The Balaban J connectivity index is 1.91. The summed E-state index contributed by atoms with van der Waals surface area (Å²) in [5.74, 6) is 0. The molecule has 1 amide bonds. The van der Waals surface area contributed by atoms with E-state index in [2.05, 4.69) is 10.3 Å². The second-order valence-electron chi connectivity index (χ2n) is 5.77. The van der Waals surface area contributed by atoms with Gasteiger partial charge in [0.25, 0.3) is 0 Å². The molecule has 3 saturated heterocycles. The highest BCUT2D eigenvalue weighted by atomic mass is 16.6. The van der Waals surface area contributed by atoms with Gasteiger partial charge in [-0.05, 0) is 20.8 Å². The number of nitrogens with one attached hydrogen (secondary N) is 1. The number of rotatable bonds is 1. The topological polar surface area (TPSA) is 41.6 Å². The van der Waals surface area contributed by atoms with Crippen molar-refractivity contribution in [3.05, 3.63) is 0 Å². The van der Waals surface area contributed by atoms with Crippen LogP contribution in [-0.2, 0) is 4.74 Å². The zero-order chi connectivity index (χ0) is 11.8. The summed E-state index contributed by atoms with van der Waals surface area (Å²) in [7, 11) is 0. The monoisotopic (exact) mass is 228 g/mol. The predicted molar refractivity (Wildman–Crippen MR) is 60.7 cm³/mol. The van der Waals surface area contributed by atoms with E-state index in [0.29, 0.717) is 4.59 Å². The van der Waals surface area contributed by atoms with Crippen LogP contribution in [0.3, 0.4) is 0 Å². The number of quaternary nitrogens is 1. The number of carbonyl (C=O) groups excluding carboxylic acids is 1. The highest BCUT2D eigenvalue weighted by Gasteiger charge is 2.41. The fourth-order valence-corrected chi connectivity index (χ4v) is 2.33. The van der Waals surface area contributed by atoms with E-state index in [9.17, 15) is 4.79 Å². The zero-order valence-corrected chi connectivity index (χ0v) is 10.5. The molecule has 0 aromatic carbocycles. The lowest BCUT2D eigenvalue weighted by Crippen LogP contribution is -2.73. The highest BCUT2D eigenvalue weighted by Crippen LogP contribution is 2.17. The van der Waals surface area contributed by atoms with Crippen LogP contribution in [0, 0.1) is 0 Å². The van der Waals surface area contributed by atoms with Crippen LogP contribution in [-0.4, -0.2) is 60.5 Å². The van der Waals surface area contributed by atoms with E-state index in [0.717, 1.165) is 39.3 Å². The van der Waals surface area contributed by atoms with Gasteiger partial charge in [0, 0.05) is 0 Å². The number of nitrogens with zero attached hydrogens (tertiary/aromatic N) is 2. The SMILES string of the molecule is CC(C)(C)OC(=O)N[N+]12CCN(CC1)CC2. The number of piperazine rings is 3. The first kappa shape index (κ1) is 11.7. The molecule has 16 heavy (non-hydrogen) atoms. The molecule has 2 bridgehead atoms. The van der Waals surface area contributed by atoms with Crippen molar-refractivity contribution in [1.82, 2.24) is 10.3 Å².